The largest absolute Gasteiger partial charge is 0.363 e. The van der Waals surface area contributed by atoms with E-state index in [-0.39, 0.29) is 11.8 Å². The van der Waals surface area contributed by atoms with Gasteiger partial charge in [0.2, 0.25) is 5.13 Å². The van der Waals surface area contributed by atoms with Crippen molar-refractivity contribution in [3.8, 4) is 0 Å². The van der Waals surface area contributed by atoms with E-state index in [0.717, 1.165) is 28.1 Å². The molecule has 1 N–H and O–H groups in total. The zero-order chi connectivity index (χ0) is 16.2. The first-order valence-electron chi connectivity index (χ1n) is 7.30. The second kappa shape index (κ2) is 7.10. The van der Waals surface area contributed by atoms with Gasteiger partial charge in [0.25, 0.3) is 11.8 Å². The van der Waals surface area contributed by atoms with Gasteiger partial charge in [0.05, 0.1) is 11.1 Å². The number of thioether (sulfide) groups is 1. The maximum Gasteiger partial charge on any atom is 0.261 e. The van der Waals surface area contributed by atoms with Crippen LogP contribution < -0.4 is 5.32 Å². The lowest BCUT2D eigenvalue weighted by Gasteiger charge is -2.13. The summed E-state index contributed by atoms with van der Waals surface area (Å²) < 4.78 is 0.926. The molecule has 0 atom stereocenters. The molecule has 0 fully saturated rings. The van der Waals surface area contributed by atoms with Crippen LogP contribution in [-0.2, 0) is 0 Å². The number of carbonyl (C=O) groups excluding carboxylic acids is 2. The van der Waals surface area contributed by atoms with Crippen LogP contribution in [0.1, 0.15) is 33.6 Å². The van der Waals surface area contributed by atoms with Crippen LogP contribution in [-0.4, -0.2) is 46.3 Å². The highest BCUT2D eigenvalue weighted by molar-refractivity contribution is 8.01. The molecule has 2 aromatic rings. The Morgan fingerprint density at radius 2 is 1.83 bits per heavy atom. The summed E-state index contributed by atoms with van der Waals surface area (Å²) in [6, 6.07) is 6.98. The third kappa shape index (κ3) is 3.37. The minimum atomic E-state index is -0.180. The van der Waals surface area contributed by atoms with E-state index in [1.165, 1.54) is 16.2 Å². The standard InChI is InChI=1S/C15H16N4O2S2/c1-16-14-17-18-15(23-14)22-9-5-4-8-19-12(20)10-6-2-3-7-11(10)13(19)21/h2-3,6-7H,4-5,8-9H2,1H3,(H,16,17). The lowest BCUT2D eigenvalue weighted by Crippen LogP contribution is -2.30. The number of imide groups is 1. The number of anilines is 1. The molecule has 1 aliphatic rings. The predicted octanol–water partition coefficient (Wildman–Crippen LogP) is 2.75. The predicted molar refractivity (Wildman–Crippen MR) is 91.2 cm³/mol. The highest BCUT2D eigenvalue weighted by Crippen LogP contribution is 2.26. The van der Waals surface area contributed by atoms with Crippen LogP contribution in [0.5, 0.6) is 0 Å². The van der Waals surface area contributed by atoms with Crippen molar-refractivity contribution in [3.63, 3.8) is 0 Å². The molecule has 2 amide bonds. The fraction of sp³-hybridized carbons (Fsp3) is 0.333. The number of rotatable bonds is 7. The van der Waals surface area contributed by atoms with Crippen LogP contribution in [0, 0.1) is 0 Å². The first-order chi connectivity index (χ1) is 11.2. The first kappa shape index (κ1) is 15.9. The summed E-state index contributed by atoms with van der Waals surface area (Å²) in [4.78, 5) is 25.8. The van der Waals surface area contributed by atoms with Gasteiger partial charge >= 0.3 is 0 Å². The summed E-state index contributed by atoms with van der Waals surface area (Å²) in [5, 5.41) is 11.8. The number of benzene rings is 1. The molecule has 0 radical (unpaired) electrons. The summed E-state index contributed by atoms with van der Waals surface area (Å²) in [5.74, 6) is 0.531. The van der Waals surface area contributed by atoms with Crippen LogP contribution in [0.3, 0.4) is 0 Å². The molecule has 0 unspecified atom stereocenters. The van der Waals surface area contributed by atoms with E-state index in [2.05, 4.69) is 15.5 Å². The van der Waals surface area contributed by atoms with Gasteiger partial charge < -0.3 is 5.32 Å². The highest BCUT2D eigenvalue weighted by Gasteiger charge is 2.34. The first-order valence-corrected chi connectivity index (χ1v) is 9.10. The smallest absolute Gasteiger partial charge is 0.261 e. The van der Waals surface area contributed by atoms with Crippen molar-refractivity contribution in [1.29, 1.82) is 0 Å². The summed E-state index contributed by atoms with van der Waals surface area (Å²) >= 11 is 3.16. The maximum atomic E-state index is 12.2. The zero-order valence-electron chi connectivity index (χ0n) is 12.6. The SMILES string of the molecule is CNc1nnc(SCCCCN2C(=O)c3ccccc3C2=O)s1. The van der Waals surface area contributed by atoms with Gasteiger partial charge in [-0.3, -0.25) is 14.5 Å². The van der Waals surface area contributed by atoms with Crippen LogP contribution >= 0.6 is 23.1 Å². The lowest BCUT2D eigenvalue weighted by molar-refractivity contribution is 0.0652. The molecule has 1 aliphatic heterocycles. The van der Waals surface area contributed by atoms with Gasteiger partial charge in [0, 0.05) is 19.3 Å². The fourth-order valence-electron chi connectivity index (χ4n) is 2.34. The average Bonchev–Trinajstić information content (AvgIpc) is 3.13. The van der Waals surface area contributed by atoms with Gasteiger partial charge in [-0.05, 0) is 25.0 Å². The molecule has 1 aromatic carbocycles. The van der Waals surface area contributed by atoms with Crippen molar-refractivity contribution in [1.82, 2.24) is 15.1 Å². The molecule has 2 heterocycles. The molecule has 6 nitrogen and oxygen atoms in total. The Labute approximate surface area is 142 Å². The Kier molecular flexibility index (Phi) is 4.92. The second-order valence-corrected chi connectivity index (χ2v) is 7.31. The molecule has 120 valence electrons. The number of carbonyl (C=O) groups is 2. The number of hydrogen-bond donors (Lipinski definition) is 1. The van der Waals surface area contributed by atoms with E-state index in [1.807, 2.05) is 7.05 Å². The topological polar surface area (TPSA) is 75.2 Å². The molecule has 0 saturated heterocycles. The molecule has 0 saturated carbocycles. The molecule has 1 aromatic heterocycles. The fourth-order valence-corrected chi connectivity index (χ4v) is 4.12. The molecule has 0 spiro atoms. The van der Waals surface area contributed by atoms with Crippen molar-refractivity contribution in [2.75, 3.05) is 24.7 Å². The van der Waals surface area contributed by atoms with Crippen LogP contribution in [0.4, 0.5) is 5.13 Å². The molecular formula is C15H16N4O2S2. The van der Waals surface area contributed by atoms with Crippen LogP contribution in [0.15, 0.2) is 28.6 Å². The van der Waals surface area contributed by atoms with Crippen LogP contribution in [0.25, 0.3) is 0 Å². The van der Waals surface area contributed by atoms with Gasteiger partial charge in [-0.25, -0.2) is 0 Å². The summed E-state index contributed by atoms with van der Waals surface area (Å²) in [6.07, 6.45) is 1.70. The Hall–Kier alpha value is -1.93. The van der Waals surface area contributed by atoms with Gasteiger partial charge in [-0.1, -0.05) is 35.2 Å². The second-order valence-electron chi connectivity index (χ2n) is 4.99. The highest BCUT2D eigenvalue weighted by atomic mass is 32.2. The van der Waals surface area contributed by atoms with E-state index in [0.29, 0.717) is 17.7 Å². The Morgan fingerprint density at radius 3 is 2.43 bits per heavy atom. The minimum absolute atomic E-state index is 0.180. The minimum Gasteiger partial charge on any atom is -0.363 e. The number of hydrogen-bond acceptors (Lipinski definition) is 7. The van der Waals surface area contributed by atoms with E-state index in [4.69, 9.17) is 0 Å². The number of unbranched alkanes of at least 4 members (excludes halogenated alkanes) is 1. The molecule has 8 heteroatoms. The summed E-state index contributed by atoms with van der Waals surface area (Å²) in [7, 11) is 1.82. The third-order valence-electron chi connectivity index (χ3n) is 3.50. The summed E-state index contributed by atoms with van der Waals surface area (Å²) in [5.41, 5.74) is 1.03. The van der Waals surface area contributed by atoms with E-state index in [1.54, 1.807) is 36.0 Å². The van der Waals surface area contributed by atoms with E-state index < -0.39 is 0 Å². The Bertz CT molecular complexity index is 697. The molecular weight excluding hydrogens is 332 g/mol. The number of nitrogens with one attached hydrogen (secondary N) is 1. The van der Waals surface area contributed by atoms with Crippen molar-refractivity contribution >= 4 is 40.0 Å². The Balaban J connectivity index is 1.45. The normalized spacial score (nSPS) is 13.5. The van der Waals surface area contributed by atoms with Gasteiger partial charge in [0.1, 0.15) is 0 Å². The van der Waals surface area contributed by atoms with Crippen molar-refractivity contribution in [3.05, 3.63) is 35.4 Å². The number of nitrogens with zero attached hydrogens (tertiary/aromatic N) is 3. The number of aromatic nitrogens is 2. The Morgan fingerprint density at radius 1 is 1.13 bits per heavy atom. The quantitative estimate of drug-likeness (QED) is 0.471. The van der Waals surface area contributed by atoms with Crippen LogP contribution in [0.2, 0.25) is 0 Å². The average molecular weight is 348 g/mol. The number of amides is 2. The number of fused-ring (bicyclic) bond motifs is 1. The van der Waals surface area contributed by atoms with Gasteiger partial charge in [-0.2, -0.15) is 0 Å². The van der Waals surface area contributed by atoms with Gasteiger partial charge in [0.15, 0.2) is 4.34 Å². The van der Waals surface area contributed by atoms with E-state index >= 15 is 0 Å². The molecule has 23 heavy (non-hydrogen) atoms. The molecule has 0 bridgehead atoms. The lowest BCUT2D eigenvalue weighted by atomic mass is 10.1. The van der Waals surface area contributed by atoms with E-state index in [9.17, 15) is 9.59 Å². The molecule has 3 rings (SSSR count). The monoisotopic (exact) mass is 348 g/mol. The third-order valence-corrected chi connectivity index (χ3v) is 5.66. The zero-order valence-corrected chi connectivity index (χ0v) is 14.2. The van der Waals surface area contributed by atoms with Crippen molar-refractivity contribution in [2.24, 2.45) is 0 Å². The maximum absolute atomic E-state index is 12.2. The van der Waals surface area contributed by atoms with Crippen molar-refractivity contribution in [2.45, 2.75) is 17.2 Å². The molecule has 0 aliphatic carbocycles. The summed E-state index contributed by atoms with van der Waals surface area (Å²) in [6.45, 7) is 0.463. The van der Waals surface area contributed by atoms with Crippen molar-refractivity contribution < 1.29 is 9.59 Å². The van der Waals surface area contributed by atoms with Gasteiger partial charge in [-0.15, -0.1) is 10.2 Å².